The number of carbonyl (C=O) groups excluding carboxylic acids is 1. The van der Waals surface area contributed by atoms with Gasteiger partial charge in [0, 0.05) is 0 Å². The van der Waals surface area contributed by atoms with E-state index < -0.39 is 6.09 Å². The first-order chi connectivity index (χ1) is 1.73. The van der Waals surface area contributed by atoms with Gasteiger partial charge in [0.15, 0.2) is 0 Å². The summed E-state index contributed by atoms with van der Waals surface area (Å²) in [5, 5.41) is 8.67. The molecule has 1 amide bonds. The van der Waals surface area contributed by atoms with Gasteiger partial charge in [0.2, 0.25) is 0 Å². The van der Waals surface area contributed by atoms with Crippen molar-refractivity contribution in [2.24, 2.45) is 5.73 Å². The van der Waals surface area contributed by atoms with Gasteiger partial charge >= 0.3 is 18.9 Å². The van der Waals surface area contributed by atoms with Crippen molar-refractivity contribution in [2.45, 2.75) is 0 Å². The molecule has 2 N–H and O–H groups in total. The van der Waals surface area contributed by atoms with Crippen LogP contribution < -0.4 is 29.7 Å². The van der Waals surface area contributed by atoms with Crippen LogP contribution in [0, 0.1) is 0 Å². The second-order valence-electron chi connectivity index (χ2n) is 0.319. The van der Waals surface area contributed by atoms with E-state index in [1.807, 2.05) is 0 Å². The summed E-state index contributed by atoms with van der Waals surface area (Å²) in [5.74, 6) is 0. The minimum Gasteiger partial charge on any atom is -0.530 e. The normalized spacial score (nSPS) is 4.80. The third-order valence-corrected chi connectivity index (χ3v) is 0. The van der Waals surface area contributed by atoms with E-state index in [2.05, 4.69) is 5.73 Å². The minimum absolute atomic E-state index is 0. The Morgan fingerprint density at radius 2 is 1.80 bits per heavy atom. The van der Waals surface area contributed by atoms with E-state index in [0.29, 0.717) is 0 Å². The Kier molecular flexibility index (Phi) is 6.85. The third kappa shape index (κ3) is 767. The van der Waals surface area contributed by atoms with Crippen molar-refractivity contribution in [3.05, 3.63) is 0 Å². The Hall–Kier alpha value is -0.133. The molecule has 3 nitrogen and oxygen atoms in total. The molecule has 0 atom stereocenters. The molecule has 0 aliphatic carbocycles. The van der Waals surface area contributed by atoms with Crippen molar-refractivity contribution in [3.8, 4) is 0 Å². The molecule has 0 aliphatic rings. The van der Waals surface area contributed by atoms with Crippen LogP contribution in [0.3, 0.4) is 0 Å². The molecule has 0 aromatic heterocycles. The number of carbonyl (C=O) groups is 1. The van der Waals surface area contributed by atoms with Gasteiger partial charge in [-0.3, -0.25) is 0 Å². The summed E-state index contributed by atoms with van der Waals surface area (Å²) in [7, 11) is 0. The summed E-state index contributed by atoms with van der Waals surface area (Å²) in [5.41, 5.74) is 3.92. The number of hydrogen-bond donors (Lipinski definition) is 1. The first-order valence-corrected chi connectivity index (χ1v) is 0.697. The fourth-order valence-electron chi connectivity index (χ4n) is 0. The molecule has 0 saturated carbocycles. The number of rotatable bonds is 0. The molecule has 5 heavy (non-hydrogen) atoms. The van der Waals surface area contributed by atoms with Gasteiger partial charge in [-0.05, 0) is 0 Å². The van der Waals surface area contributed by atoms with E-state index in [-0.39, 0.29) is 18.9 Å². The maximum Gasteiger partial charge on any atom is 1.00 e. The monoisotopic (exact) mass is 67.0 g/mol. The van der Waals surface area contributed by atoms with Crippen molar-refractivity contribution in [1.29, 1.82) is 0 Å². The van der Waals surface area contributed by atoms with Crippen molar-refractivity contribution < 1.29 is 28.8 Å². The molecule has 0 heterocycles. The Morgan fingerprint density at radius 1 is 1.80 bits per heavy atom. The Morgan fingerprint density at radius 3 is 1.80 bits per heavy atom. The molecule has 0 rings (SSSR count). The van der Waals surface area contributed by atoms with E-state index in [0.717, 1.165) is 0 Å². The number of nitrogens with two attached hydrogens (primary N) is 1. The maximum absolute atomic E-state index is 8.67. The summed E-state index contributed by atoms with van der Waals surface area (Å²) in [6.45, 7) is 0. The van der Waals surface area contributed by atoms with Gasteiger partial charge < -0.3 is 15.6 Å². The van der Waals surface area contributed by atoms with Crippen LogP contribution >= 0.6 is 0 Å². The summed E-state index contributed by atoms with van der Waals surface area (Å²) in [6.07, 6.45) is -1.58. The molecule has 0 spiro atoms. The van der Waals surface area contributed by atoms with E-state index in [9.17, 15) is 0 Å². The molecule has 0 aliphatic heterocycles. The molecule has 0 radical (unpaired) electrons. The van der Waals surface area contributed by atoms with Crippen molar-refractivity contribution >= 4 is 6.09 Å². The van der Waals surface area contributed by atoms with Crippen molar-refractivity contribution in [3.63, 3.8) is 0 Å². The van der Waals surface area contributed by atoms with Crippen LogP contribution in [-0.2, 0) is 0 Å². The quantitative estimate of drug-likeness (QED) is 0.289. The predicted octanol–water partition coefficient (Wildman–Crippen LogP) is -4.71. The number of carboxylic acid groups (broad SMARTS) is 1. The van der Waals surface area contributed by atoms with Gasteiger partial charge in [0.1, 0.15) is 6.09 Å². The first kappa shape index (κ1) is 8.85. The van der Waals surface area contributed by atoms with Gasteiger partial charge in [-0.15, -0.1) is 0 Å². The minimum atomic E-state index is -1.58. The van der Waals surface area contributed by atoms with E-state index in [1.54, 1.807) is 0 Å². The predicted molar refractivity (Wildman–Crippen MR) is 9.58 cm³/mol. The SMILES string of the molecule is NC(=O)[O-].[Li+]. The van der Waals surface area contributed by atoms with Gasteiger partial charge in [0.25, 0.3) is 0 Å². The summed E-state index contributed by atoms with van der Waals surface area (Å²) in [4.78, 5) is 8.67. The number of hydrogen-bond acceptors (Lipinski definition) is 2. The smallest absolute Gasteiger partial charge is 0.530 e. The fraction of sp³-hybridized carbons (Fsp3) is 0. The van der Waals surface area contributed by atoms with Crippen LogP contribution in [0.2, 0.25) is 0 Å². The molecule has 0 saturated heterocycles. The van der Waals surface area contributed by atoms with Crippen molar-refractivity contribution in [2.75, 3.05) is 0 Å². The van der Waals surface area contributed by atoms with Crippen LogP contribution in [0.1, 0.15) is 0 Å². The van der Waals surface area contributed by atoms with Crippen LogP contribution in [0.5, 0.6) is 0 Å². The van der Waals surface area contributed by atoms with Gasteiger partial charge in [-0.1, -0.05) is 0 Å². The zero-order valence-electron chi connectivity index (χ0n) is 2.89. The maximum atomic E-state index is 8.67. The molecular formula is CH2LiNO2. The molecule has 0 aromatic rings. The molecule has 4 heteroatoms. The topological polar surface area (TPSA) is 66.2 Å². The number of primary amides is 1. The largest absolute Gasteiger partial charge is 1.00 e. The molecular weight excluding hydrogens is 65.0 g/mol. The average Bonchev–Trinajstić information content (AvgIpc) is 0.811. The Labute approximate surface area is 41.3 Å². The van der Waals surface area contributed by atoms with Gasteiger partial charge in [-0.2, -0.15) is 0 Å². The fourth-order valence-corrected chi connectivity index (χ4v) is 0. The standard InChI is InChI=1S/CH3NO2.Li/c2-1(3)4;/h2H2,(H,3,4);/q;+1/p-1. The number of amides is 1. The third-order valence-electron chi connectivity index (χ3n) is 0. The summed E-state index contributed by atoms with van der Waals surface area (Å²) < 4.78 is 0. The zero-order chi connectivity index (χ0) is 3.58. The molecule has 0 fully saturated rings. The first-order valence-electron chi connectivity index (χ1n) is 0.697. The summed E-state index contributed by atoms with van der Waals surface area (Å²) in [6, 6.07) is 0. The Balaban J connectivity index is 0. The van der Waals surface area contributed by atoms with Gasteiger partial charge in [-0.25, -0.2) is 0 Å². The molecule has 24 valence electrons. The van der Waals surface area contributed by atoms with E-state index in [1.165, 1.54) is 0 Å². The molecule has 0 aromatic carbocycles. The summed E-state index contributed by atoms with van der Waals surface area (Å²) >= 11 is 0. The van der Waals surface area contributed by atoms with E-state index in [4.69, 9.17) is 9.90 Å². The average molecular weight is 67.0 g/mol. The second-order valence-corrected chi connectivity index (χ2v) is 0.319. The van der Waals surface area contributed by atoms with Crippen LogP contribution in [0.4, 0.5) is 4.79 Å². The van der Waals surface area contributed by atoms with Crippen LogP contribution in [-0.4, -0.2) is 6.09 Å². The molecule has 0 unspecified atom stereocenters. The van der Waals surface area contributed by atoms with Gasteiger partial charge in [0.05, 0.1) is 0 Å². The Bertz CT molecular complexity index is 32.6. The van der Waals surface area contributed by atoms with Crippen molar-refractivity contribution in [1.82, 2.24) is 0 Å². The second kappa shape index (κ2) is 3.87. The molecule has 0 bridgehead atoms. The van der Waals surface area contributed by atoms with Crippen LogP contribution in [0.25, 0.3) is 0 Å². The zero-order valence-corrected chi connectivity index (χ0v) is 2.89. The van der Waals surface area contributed by atoms with Crippen LogP contribution in [0.15, 0.2) is 0 Å². The van der Waals surface area contributed by atoms with E-state index >= 15 is 0 Å².